The SMILES string of the molecule is COc1cc(C(C)(C)C)cc(C(C)(C)C)c1OC. The molecule has 102 valence electrons. The van der Waals surface area contributed by atoms with Crippen molar-refractivity contribution in [3.63, 3.8) is 0 Å². The molecule has 18 heavy (non-hydrogen) atoms. The molecule has 0 fully saturated rings. The highest BCUT2D eigenvalue weighted by Crippen LogP contribution is 2.41. The minimum atomic E-state index is 0.0277. The molecule has 2 heteroatoms. The summed E-state index contributed by atoms with van der Waals surface area (Å²) < 4.78 is 11.0. The highest BCUT2D eigenvalue weighted by atomic mass is 16.5. The van der Waals surface area contributed by atoms with Crippen molar-refractivity contribution in [2.24, 2.45) is 0 Å². The molecule has 0 spiro atoms. The van der Waals surface area contributed by atoms with E-state index in [1.165, 1.54) is 11.1 Å². The smallest absolute Gasteiger partial charge is 0.164 e. The average molecular weight is 250 g/mol. The average Bonchev–Trinajstić information content (AvgIpc) is 2.24. The first-order chi connectivity index (χ1) is 8.11. The molecule has 0 aliphatic rings. The van der Waals surface area contributed by atoms with Crippen molar-refractivity contribution in [1.82, 2.24) is 0 Å². The first-order valence-corrected chi connectivity index (χ1v) is 6.38. The van der Waals surface area contributed by atoms with Crippen LogP contribution in [0, 0.1) is 0 Å². The summed E-state index contributed by atoms with van der Waals surface area (Å²) in [5.41, 5.74) is 2.58. The van der Waals surface area contributed by atoms with E-state index in [1.54, 1.807) is 14.2 Å². The van der Waals surface area contributed by atoms with Crippen molar-refractivity contribution in [2.75, 3.05) is 14.2 Å². The van der Waals surface area contributed by atoms with Gasteiger partial charge in [-0.3, -0.25) is 0 Å². The van der Waals surface area contributed by atoms with Gasteiger partial charge in [-0.15, -0.1) is 0 Å². The van der Waals surface area contributed by atoms with Crippen LogP contribution in [0.2, 0.25) is 0 Å². The maximum absolute atomic E-state index is 5.54. The third-order valence-electron chi connectivity index (χ3n) is 3.15. The van der Waals surface area contributed by atoms with Gasteiger partial charge in [0.25, 0.3) is 0 Å². The van der Waals surface area contributed by atoms with Gasteiger partial charge in [0.1, 0.15) is 0 Å². The van der Waals surface area contributed by atoms with E-state index >= 15 is 0 Å². The van der Waals surface area contributed by atoms with E-state index in [0.717, 1.165) is 11.5 Å². The largest absolute Gasteiger partial charge is 0.493 e. The molecule has 0 aliphatic carbocycles. The predicted octanol–water partition coefficient (Wildman–Crippen LogP) is 4.30. The highest BCUT2D eigenvalue weighted by molar-refractivity contribution is 5.53. The number of ether oxygens (including phenoxy) is 2. The molecule has 0 N–H and O–H groups in total. The lowest BCUT2D eigenvalue weighted by Crippen LogP contribution is -2.18. The molecule has 1 rings (SSSR count). The van der Waals surface area contributed by atoms with E-state index in [1.807, 2.05) is 0 Å². The second kappa shape index (κ2) is 4.83. The van der Waals surface area contributed by atoms with E-state index in [4.69, 9.17) is 9.47 Å². The maximum Gasteiger partial charge on any atom is 0.164 e. The fraction of sp³-hybridized carbons (Fsp3) is 0.625. The summed E-state index contributed by atoms with van der Waals surface area (Å²) in [5, 5.41) is 0. The lowest BCUT2D eigenvalue weighted by Gasteiger charge is -2.28. The van der Waals surface area contributed by atoms with Crippen molar-refractivity contribution >= 4 is 0 Å². The van der Waals surface area contributed by atoms with E-state index in [-0.39, 0.29) is 10.8 Å². The Balaban J connectivity index is 3.57. The van der Waals surface area contributed by atoms with E-state index in [0.29, 0.717) is 0 Å². The Morgan fingerprint density at radius 3 is 1.67 bits per heavy atom. The molecule has 0 amide bonds. The molecule has 0 bridgehead atoms. The Bertz CT molecular complexity index is 420. The summed E-state index contributed by atoms with van der Waals surface area (Å²) in [6, 6.07) is 4.31. The molecule has 0 unspecified atom stereocenters. The van der Waals surface area contributed by atoms with Gasteiger partial charge in [0.15, 0.2) is 11.5 Å². The summed E-state index contributed by atoms with van der Waals surface area (Å²) in [6.45, 7) is 13.2. The van der Waals surface area contributed by atoms with E-state index < -0.39 is 0 Å². The number of rotatable bonds is 2. The molecule has 0 atom stereocenters. The van der Waals surface area contributed by atoms with Gasteiger partial charge in [-0.05, 0) is 22.5 Å². The molecular weight excluding hydrogens is 224 g/mol. The predicted molar refractivity (Wildman–Crippen MR) is 76.9 cm³/mol. The van der Waals surface area contributed by atoms with Crippen molar-refractivity contribution in [3.8, 4) is 11.5 Å². The third-order valence-corrected chi connectivity index (χ3v) is 3.15. The fourth-order valence-corrected chi connectivity index (χ4v) is 1.95. The third kappa shape index (κ3) is 2.98. The van der Waals surface area contributed by atoms with Gasteiger partial charge in [0.2, 0.25) is 0 Å². The maximum atomic E-state index is 5.54. The standard InChI is InChI=1S/C16H26O2/c1-15(2,3)11-9-12(16(4,5)6)14(18-8)13(10-11)17-7/h9-10H,1-8H3. The normalized spacial score (nSPS) is 12.4. The Morgan fingerprint density at radius 2 is 1.33 bits per heavy atom. The Kier molecular flexibility index (Phi) is 3.99. The van der Waals surface area contributed by atoms with Crippen molar-refractivity contribution in [2.45, 2.75) is 52.4 Å². The molecule has 2 nitrogen and oxygen atoms in total. The lowest BCUT2D eigenvalue weighted by atomic mass is 9.80. The number of methoxy groups -OCH3 is 2. The molecule has 0 aromatic heterocycles. The molecular formula is C16H26O2. The Morgan fingerprint density at radius 1 is 0.778 bits per heavy atom. The van der Waals surface area contributed by atoms with Crippen LogP contribution in [-0.4, -0.2) is 14.2 Å². The molecule has 0 radical (unpaired) electrons. The molecule has 0 heterocycles. The van der Waals surface area contributed by atoms with Crippen LogP contribution in [0.4, 0.5) is 0 Å². The summed E-state index contributed by atoms with van der Waals surface area (Å²) in [5.74, 6) is 1.66. The number of benzene rings is 1. The van der Waals surface area contributed by atoms with Crippen LogP contribution < -0.4 is 9.47 Å². The van der Waals surface area contributed by atoms with E-state index in [2.05, 4.69) is 53.7 Å². The highest BCUT2D eigenvalue weighted by Gasteiger charge is 2.26. The second-order valence-corrected chi connectivity index (χ2v) is 6.76. The molecule has 0 saturated carbocycles. The number of hydrogen-bond donors (Lipinski definition) is 0. The quantitative estimate of drug-likeness (QED) is 0.779. The van der Waals surface area contributed by atoms with Crippen molar-refractivity contribution < 1.29 is 9.47 Å². The van der Waals surface area contributed by atoms with Crippen LogP contribution in [0.25, 0.3) is 0 Å². The van der Waals surface area contributed by atoms with Crippen LogP contribution in [0.3, 0.4) is 0 Å². The first kappa shape index (κ1) is 14.9. The lowest BCUT2D eigenvalue weighted by molar-refractivity contribution is 0.343. The Labute approximate surface area is 111 Å². The van der Waals surface area contributed by atoms with Crippen molar-refractivity contribution in [1.29, 1.82) is 0 Å². The Hall–Kier alpha value is -1.18. The van der Waals surface area contributed by atoms with Crippen LogP contribution >= 0.6 is 0 Å². The number of hydrogen-bond acceptors (Lipinski definition) is 2. The molecule has 1 aromatic carbocycles. The summed E-state index contributed by atoms with van der Waals surface area (Å²) in [6.07, 6.45) is 0. The molecule has 1 aromatic rings. The van der Waals surface area contributed by atoms with Gasteiger partial charge < -0.3 is 9.47 Å². The first-order valence-electron chi connectivity index (χ1n) is 6.38. The van der Waals surface area contributed by atoms with Crippen LogP contribution in [-0.2, 0) is 10.8 Å². The van der Waals surface area contributed by atoms with E-state index in [9.17, 15) is 0 Å². The van der Waals surface area contributed by atoms with Gasteiger partial charge >= 0.3 is 0 Å². The molecule has 0 aliphatic heterocycles. The molecule has 0 saturated heterocycles. The monoisotopic (exact) mass is 250 g/mol. The van der Waals surface area contributed by atoms with Crippen LogP contribution in [0.1, 0.15) is 52.7 Å². The minimum Gasteiger partial charge on any atom is -0.493 e. The van der Waals surface area contributed by atoms with Gasteiger partial charge in [-0.2, -0.15) is 0 Å². The van der Waals surface area contributed by atoms with Crippen LogP contribution in [0.5, 0.6) is 11.5 Å². The summed E-state index contributed by atoms with van der Waals surface area (Å²) >= 11 is 0. The van der Waals surface area contributed by atoms with Gasteiger partial charge in [0.05, 0.1) is 14.2 Å². The zero-order chi connectivity index (χ0) is 14.1. The summed E-state index contributed by atoms with van der Waals surface area (Å²) in [4.78, 5) is 0. The van der Waals surface area contributed by atoms with Gasteiger partial charge in [0, 0.05) is 5.56 Å². The van der Waals surface area contributed by atoms with Crippen molar-refractivity contribution in [3.05, 3.63) is 23.3 Å². The topological polar surface area (TPSA) is 18.5 Å². The van der Waals surface area contributed by atoms with Crippen LogP contribution in [0.15, 0.2) is 12.1 Å². The fourth-order valence-electron chi connectivity index (χ4n) is 1.95. The van der Waals surface area contributed by atoms with Gasteiger partial charge in [-0.25, -0.2) is 0 Å². The second-order valence-electron chi connectivity index (χ2n) is 6.76. The summed E-state index contributed by atoms with van der Waals surface area (Å²) in [7, 11) is 3.39. The zero-order valence-corrected chi connectivity index (χ0v) is 13.0. The zero-order valence-electron chi connectivity index (χ0n) is 13.0. The van der Waals surface area contributed by atoms with Gasteiger partial charge in [-0.1, -0.05) is 47.6 Å². The minimum absolute atomic E-state index is 0.0277.